The number of hydrogen-bond donors (Lipinski definition) is 1. The van der Waals surface area contributed by atoms with Gasteiger partial charge in [-0.3, -0.25) is 5.10 Å². The molecule has 1 aliphatic carbocycles. The van der Waals surface area contributed by atoms with Crippen molar-refractivity contribution in [2.75, 3.05) is 0 Å². The van der Waals surface area contributed by atoms with Gasteiger partial charge in [0.25, 0.3) is 0 Å². The van der Waals surface area contributed by atoms with Crippen molar-refractivity contribution in [1.82, 2.24) is 10.2 Å². The summed E-state index contributed by atoms with van der Waals surface area (Å²) in [6.07, 6.45) is 13.8. The Hall–Kier alpha value is -3.13. The molecule has 27 heavy (non-hydrogen) atoms. The minimum absolute atomic E-state index is 0.562. The second kappa shape index (κ2) is 7.63. The van der Waals surface area contributed by atoms with E-state index >= 15 is 0 Å². The minimum Gasteiger partial charge on any atom is -0.278 e. The number of nitrogens with one attached hydrogen (secondary N) is 1. The van der Waals surface area contributed by atoms with Crippen LogP contribution in [0.1, 0.15) is 59.0 Å². The van der Waals surface area contributed by atoms with Gasteiger partial charge in [0.1, 0.15) is 0 Å². The Morgan fingerprint density at radius 3 is 2.48 bits per heavy atom. The van der Waals surface area contributed by atoms with Crippen LogP contribution in [0.3, 0.4) is 0 Å². The lowest BCUT2D eigenvalue weighted by molar-refractivity contribution is 0.866. The molecule has 0 saturated heterocycles. The summed E-state index contributed by atoms with van der Waals surface area (Å²) in [6, 6.07) is 17.3. The standard InChI is InChI=1S/C25H24N2/c1-18(2)21-11-6-19(7-12-21)9-14-24-17-25(27-26-24)15-10-20-8-13-22-4-3-5-23(22)16-20/h3-4,6-18H,5H2,1-2H3,(H,26,27)/b14-9+,15-10+. The van der Waals surface area contributed by atoms with Crippen molar-refractivity contribution in [2.45, 2.75) is 26.2 Å². The molecule has 0 saturated carbocycles. The van der Waals surface area contributed by atoms with Crippen LogP contribution in [-0.2, 0) is 6.42 Å². The number of rotatable bonds is 5. The van der Waals surface area contributed by atoms with Gasteiger partial charge in [-0.05, 0) is 58.4 Å². The molecule has 0 aliphatic heterocycles. The van der Waals surface area contributed by atoms with Gasteiger partial charge in [0.15, 0.2) is 0 Å². The van der Waals surface area contributed by atoms with E-state index in [1.807, 2.05) is 0 Å². The maximum absolute atomic E-state index is 4.38. The molecule has 3 aromatic rings. The molecule has 1 aromatic heterocycles. The number of H-pyrrole nitrogens is 1. The predicted octanol–water partition coefficient (Wildman–Crippen LogP) is 6.44. The number of hydrogen-bond acceptors (Lipinski definition) is 1. The first-order chi connectivity index (χ1) is 13.2. The molecule has 2 nitrogen and oxygen atoms in total. The molecule has 1 heterocycles. The van der Waals surface area contributed by atoms with Crippen molar-refractivity contribution < 1.29 is 0 Å². The Kier molecular flexibility index (Phi) is 4.88. The molecule has 0 unspecified atom stereocenters. The predicted molar refractivity (Wildman–Crippen MR) is 116 cm³/mol. The smallest absolute Gasteiger partial charge is 0.0854 e. The monoisotopic (exact) mass is 352 g/mol. The van der Waals surface area contributed by atoms with Crippen LogP contribution in [0.5, 0.6) is 0 Å². The fraction of sp³-hybridized carbons (Fsp3) is 0.160. The number of aromatic nitrogens is 2. The molecular weight excluding hydrogens is 328 g/mol. The van der Waals surface area contributed by atoms with Crippen molar-refractivity contribution >= 4 is 30.4 Å². The van der Waals surface area contributed by atoms with Crippen LogP contribution in [-0.4, -0.2) is 10.2 Å². The molecule has 4 rings (SSSR count). The number of aromatic amines is 1. The van der Waals surface area contributed by atoms with E-state index in [4.69, 9.17) is 0 Å². The summed E-state index contributed by atoms with van der Waals surface area (Å²) in [5.41, 5.74) is 8.43. The molecule has 0 spiro atoms. The van der Waals surface area contributed by atoms with Crippen LogP contribution in [0.2, 0.25) is 0 Å². The van der Waals surface area contributed by atoms with E-state index in [9.17, 15) is 0 Å². The van der Waals surface area contributed by atoms with Gasteiger partial charge in [0.2, 0.25) is 0 Å². The quantitative estimate of drug-likeness (QED) is 0.562. The van der Waals surface area contributed by atoms with Gasteiger partial charge in [-0.25, -0.2) is 0 Å². The zero-order valence-corrected chi connectivity index (χ0v) is 15.8. The fourth-order valence-corrected chi connectivity index (χ4v) is 3.26. The zero-order valence-electron chi connectivity index (χ0n) is 15.8. The van der Waals surface area contributed by atoms with Gasteiger partial charge in [-0.2, -0.15) is 5.10 Å². The molecule has 1 N–H and O–H groups in total. The summed E-state index contributed by atoms with van der Waals surface area (Å²) in [5.74, 6) is 0.562. The minimum atomic E-state index is 0.562. The van der Waals surface area contributed by atoms with Crippen LogP contribution in [0.15, 0.2) is 54.6 Å². The van der Waals surface area contributed by atoms with Gasteiger partial charge >= 0.3 is 0 Å². The van der Waals surface area contributed by atoms with Crippen molar-refractivity contribution in [3.63, 3.8) is 0 Å². The number of nitrogens with zero attached hydrogens (tertiary/aromatic N) is 1. The highest BCUT2D eigenvalue weighted by Gasteiger charge is 2.04. The lowest BCUT2D eigenvalue weighted by atomic mass is 10.0. The van der Waals surface area contributed by atoms with Crippen LogP contribution in [0.4, 0.5) is 0 Å². The van der Waals surface area contributed by atoms with Crippen LogP contribution < -0.4 is 0 Å². The maximum Gasteiger partial charge on any atom is 0.0854 e. The summed E-state index contributed by atoms with van der Waals surface area (Å²) in [6.45, 7) is 4.42. The molecule has 0 fully saturated rings. The molecule has 0 atom stereocenters. The lowest BCUT2D eigenvalue weighted by Crippen LogP contribution is -1.85. The molecule has 1 aliphatic rings. The zero-order chi connectivity index (χ0) is 18.6. The van der Waals surface area contributed by atoms with Crippen molar-refractivity contribution in [1.29, 1.82) is 0 Å². The summed E-state index contributed by atoms with van der Waals surface area (Å²) in [4.78, 5) is 0. The van der Waals surface area contributed by atoms with E-state index in [1.54, 1.807) is 0 Å². The average Bonchev–Trinajstić information content (AvgIpc) is 3.33. The van der Waals surface area contributed by atoms with Crippen molar-refractivity contribution in [3.05, 3.63) is 93.8 Å². The van der Waals surface area contributed by atoms with Gasteiger partial charge in [0, 0.05) is 0 Å². The summed E-state index contributed by atoms with van der Waals surface area (Å²) < 4.78 is 0. The molecular formula is C25H24N2. The average molecular weight is 352 g/mol. The van der Waals surface area contributed by atoms with E-state index in [0.29, 0.717) is 5.92 Å². The number of benzene rings is 2. The number of allylic oxidation sites excluding steroid dienone is 1. The second-order valence-electron chi connectivity index (χ2n) is 7.30. The Morgan fingerprint density at radius 1 is 0.889 bits per heavy atom. The van der Waals surface area contributed by atoms with Crippen LogP contribution in [0, 0.1) is 0 Å². The fourth-order valence-electron chi connectivity index (χ4n) is 3.26. The maximum atomic E-state index is 4.38. The summed E-state index contributed by atoms with van der Waals surface area (Å²) in [5, 5.41) is 7.46. The van der Waals surface area contributed by atoms with Crippen LogP contribution >= 0.6 is 0 Å². The Labute approximate surface area is 161 Å². The van der Waals surface area contributed by atoms with E-state index in [0.717, 1.165) is 17.8 Å². The Morgan fingerprint density at radius 2 is 1.67 bits per heavy atom. The van der Waals surface area contributed by atoms with Crippen molar-refractivity contribution in [2.24, 2.45) is 0 Å². The normalized spacial score (nSPS) is 13.3. The molecule has 0 amide bonds. The van der Waals surface area contributed by atoms with E-state index in [1.165, 1.54) is 27.8 Å². The molecule has 0 radical (unpaired) electrons. The highest BCUT2D eigenvalue weighted by Crippen LogP contribution is 2.22. The first kappa shape index (κ1) is 17.3. The summed E-state index contributed by atoms with van der Waals surface area (Å²) >= 11 is 0. The highest BCUT2D eigenvalue weighted by atomic mass is 15.1. The van der Waals surface area contributed by atoms with Gasteiger partial charge in [0.05, 0.1) is 11.4 Å². The third-order valence-electron chi connectivity index (χ3n) is 4.92. The summed E-state index contributed by atoms with van der Waals surface area (Å²) in [7, 11) is 0. The highest BCUT2D eigenvalue weighted by molar-refractivity contribution is 5.73. The third-order valence-corrected chi connectivity index (χ3v) is 4.92. The molecule has 0 bridgehead atoms. The molecule has 2 heteroatoms. The SMILES string of the molecule is CC(C)c1ccc(/C=C/c2cc(/C=C/c3ccc4c(c3)CC=C4)n[nH]2)cc1. The van der Waals surface area contributed by atoms with Crippen molar-refractivity contribution in [3.8, 4) is 0 Å². The van der Waals surface area contributed by atoms with Gasteiger partial charge in [-0.15, -0.1) is 0 Å². The van der Waals surface area contributed by atoms with E-state index in [-0.39, 0.29) is 0 Å². The topological polar surface area (TPSA) is 28.7 Å². The molecule has 134 valence electrons. The van der Waals surface area contributed by atoms with Gasteiger partial charge < -0.3 is 0 Å². The molecule has 2 aromatic carbocycles. The Balaban J connectivity index is 1.42. The third kappa shape index (κ3) is 4.17. The lowest BCUT2D eigenvalue weighted by Gasteiger charge is -2.04. The Bertz CT molecular complexity index is 1010. The number of fused-ring (bicyclic) bond motifs is 1. The van der Waals surface area contributed by atoms with E-state index in [2.05, 4.69) is 109 Å². The van der Waals surface area contributed by atoms with Crippen LogP contribution in [0.25, 0.3) is 30.4 Å². The largest absolute Gasteiger partial charge is 0.278 e. The second-order valence-corrected chi connectivity index (χ2v) is 7.30. The first-order valence-electron chi connectivity index (χ1n) is 9.48. The first-order valence-corrected chi connectivity index (χ1v) is 9.48. The van der Waals surface area contributed by atoms with E-state index < -0.39 is 0 Å². The van der Waals surface area contributed by atoms with Gasteiger partial charge in [-0.1, -0.05) is 80.6 Å².